The second kappa shape index (κ2) is 9.43. The van der Waals surface area contributed by atoms with E-state index in [1.807, 2.05) is 60.7 Å². The molecule has 6 heteroatoms. The number of anilines is 2. The van der Waals surface area contributed by atoms with Gasteiger partial charge in [-0.05, 0) is 78.9 Å². The average molecular weight is 454 g/mol. The van der Waals surface area contributed by atoms with Crippen LogP contribution in [0.2, 0.25) is 0 Å². The molecule has 0 unspecified atom stereocenters. The Morgan fingerprint density at radius 1 is 0.941 bits per heavy atom. The number of carbonyl (C=O) groups is 2. The minimum Gasteiger partial charge on any atom is -0.497 e. The lowest BCUT2D eigenvalue weighted by molar-refractivity contribution is -0.117. The Balaban J connectivity index is 1.31. The first-order chi connectivity index (χ1) is 16.6. The summed E-state index contributed by atoms with van der Waals surface area (Å²) in [6, 6.07) is 23.4. The van der Waals surface area contributed by atoms with Crippen LogP contribution in [0.5, 0.6) is 5.75 Å². The van der Waals surface area contributed by atoms with Crippen molar-refractivity contribution in [2.75, 3.05) is 17.7 Å². The lowest BCUT2D eigenvalue weighted by Crippen LogP contribution is -2.15. The number of nitrogens with one attached hydrogen (secondary N) is 3. The molecule has 34 heavy (non-hydrogen) atoms. The fourth-order valence-corrected chi connectivity index (χ4v) is 4.19. The molecule has 172 valence electrons. The quantitative estimate of drug-likeness (QED) is 0.317. The predicted octanol–water partition coefficient (Wildman–Crippen LogP) is 5.76. The van der Waals surface area contributed by atoms with Crippen LogP contribution in [0.4, 0.5) is 11.4 Å². The third-order valence-electron chi connectivity index (χ3n) is 6.16. The van der Waals surface area contributed by atoms with E-state index < -0.39 is 0 Å². The second-order valence-electron chi connectivity index (χ2n) is 8.65. The maximum Gasteiger partial charge on any atom is 0.227 e. The van der Waals surface area contributed by atoms with Gasteiger partial charge < -0.3 is 20.4 Å². The molecule has 1 saturated carbocycles. The predicted molar refractivity (Wildman–Crippen MR) is 135 cm³/mol. The zero-order chi connectivity index (χ0) is 23.5. The highest BCUT2D eigenvalue weighted by Crippen LogP contribution is 2.33. The summed E-state index contributed by atoms with van der Waals surface area (Å²) in [6.45, 7) is 0. The van der Waals surface area contributed by atoms with Gasteiger partial charge in [-0.15, -0.1) is 0 Å². The Bertz CT molecular complexity index is 1340. The fourth-order valence-electron chi connectivity index (χ4n) is 4.19. The van der Waals surface area contributed by atoms with Gasteiger partial charge in [-0.25, -0.2) is 0 Å². The van der Waals surface area contributed by atoms with Crippen molar-refractivity contribution in [1.82, 2.24) is 4.98 Å². The minimum absolute atomic E-state index is 0.0499. The SMILES string of the molecule is COc1ccc(-c2[nH]c3ccccc3c2CCC(=O)Nc2cccc(NC(=O)C3CC3)c2)cc1. The molecule has 0 spiro atoms. The second-order valence-corrected chi connectivity index (χ2v) is 8.65. The molecule has 1 aliphatic carbocycles. The highest BCUT2D eigenvalue weighted by atomic mass is 16.5. The maximum absolute atomic E-state index is 12.8. The number of hydrogen-bond acceptors (Lipinski definition) is 3. The molecule has 1 aliphatic rings. The van der Waals surface area contributed by atoms with Crippen molar-refractivity contribution < 1.29 is 14.3 Å². The van der Waals surface area contributed by atoms with Gasteiger partial charge in [0.15, 0.2) is 0 Å². The summed E-state index contributed by atoms with van der Waals surface area (Å²) < 4.78 is 5.29. The third kappa shape index (κ3) is 4.81. The number of amides is 2. The van der Waals surface area contributed by atoms with Crippen LogP contribution in [0.25, 0.3) is 22.2 Å². The molecule has 1 heterocycles. The molecule has 0 bridgehead atoms. The van der Waals surface area contributed by atoms with E-state index in [-0.39, 0.29) is 17.7 Å². The molecule has 1 fully saturated rings. The summed E-state index contributed by atoms with van der Waals surface area (Å²) in [4.78, 5) is 28.3. The van der Waals surface area contributed by atoms with Crippen molar-refractivity contribution in [3.63, 3.8) is 0 Å². The Labute approximate surface area is 198 Å². The monoisotopic (exact) mass is 453 g/mol. The molecule has 0 atom stereocenters. The van der Waals surface area contributed by atoms with Gasteiger partial charge in [0.05, 0.1) is 7.11 Å². The Kier molecular flexibility index (Phi) is 6.04. The van der Waals surface area contributed by atoms with Gasteiger partial charge in [0.25, 0.3) is 0 Å². The van der Waals surface area contributed by atoms with Crippen LogP contribution >= 0.6 is 0 Å². The lowest BCUT2D eigenvalue weighted by Gasteiger charge is -2.10. The summed E-state index contributed by atoms with van der Waals surface area (Å²) in [7, 11) is 1.65. The zero-order valence-electron chi connectivity index (χ0n) is 19.1. The Morgan fingerprint density at radius 2 is 1.68 bits per heavy atom. The van der Waals surface area contributed by atoms with E-state index >= 15 is 0 Å². The smallest absolute Gasteiger partial charge is 0.227 e. The van der Waals surface area contributed by atoms with E-state index in [2.05, 4.69) is 21.7 Å². The van der Waals surface area contributed by atoms with Crippen molar-refractivity contribution in [3.05, 3.63) is 78.4 Å². The summed E-state index contributed by atoms with van der Waals surface area (Å²) >= 11 is 0. The Morgan fingerprint density at radius 3 is 2.41 bits per heavy atom. The molecule has 0 aliphatic heterocycles. The van der Waals surface area contributed by atoms with Gasteiger partial charge in [0.2, 0.25) is 11.8 Å². The number of hydrogen-bond donors (Lipinski definition) is 3. The number of ether oxygens (including phenoxy) is 1. The number of H-pyrrole nitrogens is 1. The average Bonchev–Trinajstić information content (AvgIpc) is 3.64. The van der Waals surface area contributed by atoms with Crippen molar-refractivity contribution in [1.29, 1.82) is 0 Å². The van der Waals surface area contributed by atoms with Crippen molar-refractivity contribution in [2.24, 2.45) is 5.92 Å². The molecular formula is C28H27N3O3. The van der Waals surface area contributed by atoms with E-state index in [4.69, 9.17) is 4.74 Å². The number of rotatable bonds is 8. The first-order valence-electron chi connectivity index (χ1n) is 11.6. The summed E-state index contributed by atoms with van der Waals surface area (Å²) in [6.07, 6.45) is 2.84. The van der Waals surface area contributed by atoms with Crippen LogP contribution in [0, 0.1) is 5.92 Å². The maximum atomic E-state index is 12.8. The van der Waals surface area contributed by atoms with Gasteiger partial charge in [-0.1, -0.05) is 24.3 Å². The molecule has 3 aromatic carbocycles. The number of aromatic amines is 1. The number of benzene rings is 3. The molecule has 5 rings (SSSR count). The van der Waals surface area contributed by atoms with Gasteiger partial charge in [0, 0.05) is 40.3 Å². The standard InChI is InChI=1S/C28H27N3O3/c1-34-22-13-11-18(12-14-22)27-24(23-7-2-3-8-25(23)31-27)15-16-26(32)29-20-5-4-6-21(17-20)30-28(33)19-9-10-19/h2-8,11-14,17,19,31H,9-10,15-16H2,1H3,(H,29,32)(H,30,33). The van der Waals surface area contributed by atoms with Crippen molar-refractivity contribution >= 4 is 34.1 Å². The van der Waals surface area contributed by atoms with Gasteiger partial charge in [-0.2, -0.15) is 0 Å². The van der Waals surface area contributed by atoms with E-state index in [0.29, 0.717) is 24.2 Å². The summed E-state index contributed by atoms with van der Waals surface area (Å²) in [5.41, 5.74) is 5.60. The minimum atomic E-state index is -0.0726. The van der Waals surface area contributed by atoms with Crippen LogP contribution in [0.15, 0.2) is 72.8 Å². The van der Waals surface area contributed by atoms with E-state index in [0.717, 1.165) is 46.3 Å². The molecule has 6 nitrogen and oxygen atoms in total. The van der Waals surface area contributed by atoms with Crippen LogP contribution in [0.1, 0.15) is 24.8 Å². The largest absolute Gasteiger partial charge is 0.497 e. The molecule has 0 radical (unpaired) electrons. The van der Waals surface area contributed by atoms with Crippen molar-refractivity contribution in [3.8, 4) is 17.0 Å². The molecule has 4 aromatic rings. The molecule has 3 N–H and O–H groups in total. The number of para-hydroxylation sites is 1. The molecule has 1 aromatic heterocycles. The van der Waals surface area contributed by atoms with Crippen LogP contribution in [-0.4, -0.2) is 23.9 Å². The van der Waals surface area contributed by atoms with Gasteiger partial charge in [-0.3, -0.25) is 9.59 Å². The zero-order valence-corrected chi connectivity index (χ0v) is 19.1. The molecule has 0 saturated heterocycles. The fraction of sp³-hybridized carbons (Fsp3) is 0.214. The Hall–Kier alpha value is -4.06. The summed E-state index contributed by atoms with van der Waals surface area (Å²) in [5.74, 6) is 0.913. The first-order valence-corrected chi connectivity index (χ1v) is 11.6. The van der Waals surface area contributed by atoms with Crippen LogP contribution in [-0.2, 0) is 16.0 Å². The van der Waals surface area contributed by atoms with E-state index in [1.165, 1.54) is 0 Å². The van der Waals surface area contributed by atoms with Gasteiger partial charge >= 0.3 is 0 Å². The number of aryl methyl sites for hydroxylation is 1. The number of carbonyl (C=O) groups excluding carboxylic acids is 2. The van der Waals surface area contributed by atoms with E-state index in [1.54, 1.807) is 13.2 Å². The topological polar surface area (TPSA) is 83.2 Å². The number of fused-ring (bicyclic) bond motifs is 1. The number of aromatic nitrogens is 1. The lowest BCUT2D eigenvalue weighted by atomic mass is 10.0. The summed E-state index contributed by atoms with van der Waals surface area (Å²) in [5, 5.41) is 7.01. The van der Waals surface area contributed by atoms with Gasteiger partial charge in [0.1, 0.15) is 5.75 Å². The van der Waals surface area contributed by atoms with Crippen LogP contribution in [0.3, 0.4) is 0 Å². The highest BCUT2D eigenvalue weighted by Gasteiger charge is 2.29. The first kappa shape index (κ1) is 21.8. The molecule has 2 amide bonds. The third-order valence-corrected chi connectivity index (χ3v) is 6.16. The normalized spacial score (nSPS) is 13.0. The van der Waals surface area contributed by atoms with Crippen molar-refractivity contribution in [2.45, 2.75) is 25.7 Å². The highest BCUT2D eigenvalue weighted by molar-refractivity contribution is 5.96. The van der Waals surface area contributed by atoms with Crippen LogP contribution < -0.4 is 15.4 Å². The number of methoxy groups -OCH3 is 1. The molecular weight excluding hydrogens is 426 g/mol. The van der Waals surface area contributed by atoms with E-state index in [9.17, 15) is 9.59 Å².